The Labute approximate surface area is 156 Å². The number of carbonyl (C=O) groups is 1. The molecule has 1 N–H and O–H groups in total. The fourth-order valence-electron chi connectivity index (χ4n) is 3.25. The quantitative estimate of drug-likeness (QED) is 0.835. The summed E-state index contributed by atoms with van der Waals surface area (Å²) in [7, 11) is 0. The third kappa shape index (κ3) is 4.23. The lowest BCUT2D eigenvalue weighted by Crippen LogP contribution is -2.45. The van der Waals surface area contributed by atoms with E-state index in [2.05, 4.69) is 10.3 Å². The number of aromatic nitrogens is 2. The molecule has 0 unspecified atom stereocenters. The highest BCUT2D eigenvalue weighted by Crippen LogP contribution is 2.31. The van der Waals surface area contributed by atoms with Crippen molar-refractivity contribution < 1.29 is 13.6 Å². The number of hydrogen-bond acceptors (Lipinski definition) is 2. The van der Waals surface area contributed by atoms with Crippen LogP contribution < -0.4 is 5.32 Å². The number of halogens is 3. The van der Waals surface area contributed by atoms with E-state index in [1.54, 1.807) is 18.5 Å². The minimum absolute atomic E-state index is 0.00882. The second-order valence-corrected chi connectivity index (χ2v) is 7.72. The van der Waals surface area contributed by atoms with Crippen molar-refractivity contribution in [3.05, 3.63) is 41.6 Å². The zero-order valence-electron chi connectivity index (χ0n) is 14.8. The van der Waals surface area contributed by atoms with Gasteiger partial charge in [-0.25, -0.2) is 13.8 Å². The summed E-state index contributed by atoms with van der Waals surface area (Å²) in [6, 6.07) is 4.76. The molecule has 0 atom stereocenters. The van der Waals surface area contributed by atoms with Crippen LogP contribution in [0.1, 0.15) is 45.6 Å². The van der Waals surface area contributed by atoms with E-state index in [4.69, 9.17) is 11.6 Å². The van der Waals surface area contributed by atoms with Gasteiger partial charge in [-0.2, -0.15) is 0 Å². The van der Waals surface area contributed by atoms with Crippen LogP contribution in [0.3, 0.4) is 0 Å². The minimum atomic E-state index is -1.86. The smallest absolute Gasteiger partial charge is 0.257 e. The van der Waals surface area contributed by atoms with Crippen LogP contribution >= 0.6 is 11.6 Å². The molecule has 0 aliphatic heterocycles. The van der Waals surface area contributed by atoms with Gasteiger partial charge in [0.25, 0.3) is 5.91 Å². The molecular formula is C19H22ClF2N3O. The zero-order chi connectivity index (χ0) is 18.9. The summed E-state index contributed by atoms with van der Waals surface area (Å²) in [6.45, 7) is 2.52. The first-order valence-corrected chi connectivity index (χ1v) is 9.10. The molecule has 0 radical (unpaired) electrons. The van der Waals surface area contributed by atoms with Crippen molar-refractivity contribution in [3.8, 4) is 11.3 Å². The fourth-order valence-corrected chi connectivity index (χ4v) is 3.41. The van der Waals surface area contributed by atoms with Crippen molar-refractivity contribution >= 4 is 17.5 Å². The van der Waals surface area contributed by atoms with Crippen molar-refractivity contribution in [2.75, 3.05) is 0 Å². The molecule has 1 aromatic heterocycles. The molecule has 0 bridgehead atoms. The number of hydrogen-bond donors (Lipinski definition) is 1. The Morgan fingerprint density at radius 2 is 2.00 bits per heavy atom. The second-order valence-electron chi connectivity index (χ2n) is 7.28. The molecule has 1 amide bonds. The highest BCUT2D eigenvalue weighted by Gasteiger charge is 2.30. The molecule has 1 heterocycles. The summed E-state index contributed by atoms with van der Waals surface area (Å²) in [5, 5.41) is 3.12. The van der Waals surface area contributed by atoms with Crippen LogP contribution in [0.2, 0.25) is 5.02 Å². The summed E-state index contributed by atoms with van der Waals surface area (Å²) < 4.78 is 29.7. The van der Waals surface area contributed by atoms with Gasteiger partial charge in [-0.1, -0.05) is 11.6 Å². The van der Waals surface area contributed by atoms with Crippen molar-refractivity contribution in [2.24, 2.45) is 0 Å². The maximum atomic E-state index is 14.1. The fraction of sp³-hybridized carbons (Fsp3) is 0.474. The average Bonchev–Trinajstić information content (AvgIpc) is 3.04. The van der Waals surface area contributed by atoms with Crippen LogP contribution in [0, 0.1) is 5.82 Å². The molecule has 4 nitrogen and oxygen atoms in total. The normalized spacial score (nSPS) is 20.8. The molecule has 1 aliphatic carbocycles. The SMILES string of the molecule is CC(C)(F)C(=O)N[C@H]1CC[C@@H](n2cnc(-c3ccc(Cl)cc3F)c2)CC1. The van der Waals surface area contributed by atoms with E-state index in [9.17, 15) is 13.6 Å². The summed E-state index contributed by atoms with van der Waals surface area (Å²) in [4.78, 5) is 16.1. The van der Waals surface area contributed by atoms with E-state index in [1.807, 2.05) is 10.8 Å². The maximum Gasteiger partial charge on any atom is 0.257 e. The summed E-state index contributed by atoms with van der Waals surface area (Å²) >= 11 is 5.79. The van der Waals surface area contributed by atoms with E-state index in [1.165, 1.54) is 19.9 Å². The number of amides is 1. The summed E-state index contributed by atoms with van der Waals surface area (Å²) in [5.41, 5.74) is -0.883. The molecule has 3 rings (SSSR count). The van der Waals surface area contributed by atoms with Gasteiger partial charge >= 0.3 is 0 Å². The summed E-state index contributed by atoms with van der Waals surface area (Å²) in [6.07, 6.45) is 6.77. The van der Waals surface area contributed by atoms with Gasteiger partial charge in [0.2, 0.25) is 0 Å². The molecule has 1 aliphatic rings. The number of benzene rings is 1. The Balaban J connectivity index is 1.62. The van der Waals surface area contributed by atoms with Gasteiger partial charge in [-0.3, -0.25) is 4.79 Å². The number of carbonyl (C=O) groups excluding carboxylic acids is 1. The van der Waals surface area contributed by atoms with Gasteiger partial charge in [0.1, 0.15) is 5.82 Å². The van der Waals surface area contributed by atoms with Crippen LogP contribution in [-0.4, -0.2) is 27.2 Å². The lowest BCUT2D eigenvalue weighted by molar-refractivity contribution is -0.131. The predicted molar refractivity (Wildman–Crippen MR) is 97.3 cm³/mol. The third-order valence-corrected chi connectivity index (χ3v) is 5.04. The number of rotatable bonds is 4. The van der Waals surface area contributed by atoms with E-state index >= 15 is 0 Å². The lowest BCUT2D eigenvalue weighted by atomic mass is 9.90. The van der Waals surface area contributed by atoms with Gasteiger partial charge < -0.3 is 9.88 Å². The Morgan fingerprint density at radius 3 is 2.62 bits per heavy atom. The molecule has 1 saturated carbocycles. The van der Waals surface area contributed by atoms with Crippen molar-refractivity contribution in [2.45, 2.75) is 57.3 Å². The van der Waals surface area contributed by atoms with E-state index in [-0.39, 0.29) is 12.1 Å². The van der Waals surface area contributed by atoms with E-state index in [0.717, 1.165) is 25.7 Å². The third-order valence-electron chi connectivity index (χ3n) is 4.80. The van der Waals surface area contributed by atoms with Gasteiger partial charge in [-0.15, -0.1) is 0 Å². The molecule has 26 heavy (non-hydrogen) atoms. The standard InChI is InChI=1S/C19H22ClF2N3O/c1-19(2,22)18(26)24-13-4-6-14(7-5-13)25-10-17(23-11-25)15-8-3-12(20)9-16(15)21/h3,8-11,13-14H,4-7H2,1-2H3,(H,24,26)/t13-,14+. The first kappa shape index (κ1) is 18.8. The highest BCUT2D eigenvalue weighted by atomic mass is 35.5. The first-order chi connectivity index (χ1) is 12.2. The van der Waals surface area contributed by atoms with Crippen molar-refractivity contribution in [3.63, 3.8) is 0 Å². The Hall–Kier alpha value is -1.95. The number of nitrogens with one attached hydrogen (secondary N) is 1. The largest absolute Gasteiger partial charge is 0.351 e. The molecule has 2 aromatic rings. The van der Waals surface area contributed by atoms with Crippen molar-refractivity contribution in [1.29, 1.82) is 0 Å². The van der Waals surface area contributed by atoms with Crippen LogP contribution in [0.4, 0.5) is 8.78 Å². The minimum Gasteiger partial charge on any atom is -0.351 e. The topological polar surface area (TPSA) is 46.9 Å². The van der Waals surface area contributed by atoms with E-state index in [0.29, 0.717) is 16.3 Å². The monoisotopic (exact) mass is 381 g/mol. The van der Waals surface area contributed by atoms with Gasteiger partial charge in [0.05, 0.1) is 12.0 Å². The van der Waals surface area contributed by atoms with Crippen LogP contribution in [0.25, 0.3) is 11.3 Å². The van der Waals surface area contributed by atoms with Crippen molar-refractivity contribution in [1.82, 2.24) is 14.9 Å². The van der Waals surface area contributed by atoms with Gasteiger partial charge in [0, 0.05) is 28.9 Å². The summed E-state index contributed by atoms with van der Waals surface area (Å²) in [5.74, 6) is -0.966. The number of nitrogens with zero attached hydrogens (tertiary/aromatic N) is 2. The van der Waals surface area contributed by atoms with E-state index < -0.39 is 17.4 Å². The number of alkyl halides is 1. The first-order valence-electron chi connectivity index (χ1n) is 8.73. The van der Waals surface area contributed by atoms with Gasteiger partial charge in [0.15, 0.2) is 5.67 Å². The molecule has 0 spiro atoms. The van der Waals surface area contributed by atoms with Crippen LogP contribution in [-0.2, 0) is 4.79 Å². The van der Waals surface area contributed by atoms with Crippen LogP contribution in [0.5, 0.6) is 0 Å². The van der Waals surface area contributed by atoms with Crippen LogP contribution in [0.15, 0.2) is 30.7 Å². The highest BCUT2D eigenvalue weighted by molar-refractivity contribution is 6.30. The molecule has 7 heteroatoms. The predicted octanol–water partition coefficient (Wildman–Crippen LogP) is 4.69. The second kappa shape index (κ2) is 7.35. The Morgan fingerprint density at radius 1 is 1.31 bits per heavy atom. The average molecular weight is 382 g/mol. The molecule has 140 valence electrons. The molecule has 1 aromatic carbocycles. The molecule has 1 fully saturated rings. The molecular weight excluding hydrogens is 360 g/mol. The zero-order valence-corrected chi connectivity index (χ0v) is 15.6. The van der Waals surface area contributed by atoms with Gasteiger partial charge in [-0.05, 0) is 57.7 Å². The molecule has 0 saturated heterocycles. The lowest BCUT2D eigenvalue weighted by Gasteiger charge is -2.30. The Kier molecular flexibility index (Phi) is 5.32. The Bertz CT molecular complexity index is 792. The maximum absolute atomic E-state index is 14.1. The number of imidazole rings is 1.